The molecule has 2 aromatic rings. The predicted octanol–water partition coefficient (Wildman–Crippen LogP) is 3.47. The van der Waals surface area contributed by atoms with Gasteiger partial charge in [-0.05, 0) is 37.2 Å². The SMILES string of the molecule is CCCCNC(=O)c1cnc(N2CCC(Cc3ccccc3)CC2)nc1. The molecule has 1 saturated heterocycles. The zero-order chi connectivity index (χ0) is 18.2. The second-order valence-electron chi connectivity index (χ2n) is 7.00. The number of amides is 1. The van der Waals surface area contributed by atoms with E-state index in [0.717, 1.165) is 57.1 Å². The summed E-state index contributed by atoms with van der Waals surface area (Å²) in [6.07, 6.45) is 8.78. The topological polar surface area (TPSA) is 58.1 Å². The second kappa shape index (κ2) is 9.32. The first kappa shape index (κ1) is 18.4. The number of aromatic nitrogens is 2. The quantitative estimate of drug-likeness (QED) is 0.775. The number of anilines is 1. The molecular weight excluding hydrogens is 324 g/mol. The maximum atomic E-state index is 12.0. The molecule has 0 saturated carbocycles. The van der Waals surface area contributed by atoms with Gasteiger partial charge >= 0.3 is 0 Å². The molecule has 0 bridgehead atoms. The van der Waals surface area contributed by atoms with E-state index in [0.29, 0.717) is 12.1 Å². The summed E-state index contributed by atoms with van der Waals surface area (Å²) in [7, 11) is 0. The molecule has 1 aliphatic heterocycles. The molecule has 138 valence electrons. The molecule has 1 aliphatic rings. The lowest BCUT2D eigenvalue weighted by molar-refractivity contribution is 0.0952. The summed E-state index contributed by atoms with van der Waals surface area (Å²) in [6.45, 7) is 4.75. The van der Waals surface area contributed by atoms with Crippen LogP contribution in [0.4, 0.5) is 5.95 Å². The molecule has 1 amide bonds. The predicted molar refractivity (Wildman–Crippen MR) is 104 cm³/mol. The zero-order valence-corrected chi connectivity index (χ0v) is 15.5. The van der Waals surface area contributed by atoms with Crippen molar-refractivity contribution in [1.82, 2.24) is 15.3 Å². The summed E-state index contributed by atoms with van der Waals surface area (Å²) >= 11 is 0. The van der Waals surface area contributed by atoms with Crippen LogP contribution in [0.1, 0.15) is 48.5 Å². The van der Waals surface area contributed by atoms with Crippen LogP contribution in [-0.4, -0.2) is 35.5 Å². The van der Waals surface area contributed by atoms with E-state index in [1.165, 1.54) is 5.56 Å². The van der Waals surface area contributed by atoms with Gasteiger partial charge in [-0.15, -0.1) is 0 Å². The number of nitrogens with zero attached hydrogens (tertiary/aromatic N) is 3. The van der Waals surface area contributed by atoms with E-state index in [1.54, 1.807) is 12.4 Å². The first-order chi connectivity index (χ1) is 12.8. The van der Waals surface area contributed by atoms with Crippen molar-refractivity contribution in [1.29, 1.82) is 0 Å². The molecule has 5 nitrogen and oxygen atoms in total. The summed E-state index contributed by atoms with van der Waals surface area (Å²) < 4.78 is 0. The number of nitrogens with one attached hydrogen (secondary N) is 1. The van der Waals surface area contributed by atoms with Crippen LogP contribution in [0.25, 0.3) is 0 Å². The minimum atomic E-state index is -0.0911. The molecule has 0 aliphatic carbocycles. The number of piperidine rings is 1. The van der Waals surface area contributed by atoms with Crippen molar-refractivity contribution < 1.29 is 4.79 Å². The zero-order valence-electron chi connectivity index (χ0n) is 15.5. The van der Waals surface area contributed by atoms with Gasteiger partial charge in [0.2, 0.25) is 5.95 Å². The lowest BCUT2D eigenvalue weighted by atomic mass is 9.90. The lowest BCUT2D eigenvalue weighted by Gasteiger charge is -2.32. The standard InChI is InChI=1S/C21H28N4O/c1-2-3-11-22-20(26)19-15-23-21(24-16-19)25-12-9-18(10-13-25)14-17-7-5-4-6-8-17/h4-8,15-16,18H,2-3,9-14H2,1H3,(H,22,26). The third-order valence-electron chi connectivity index (χ3n) is 4.98. The molecule has 1 aromatic heterocycles. The fraction of sp³-hybridized carbons (Fsp3) is 0.476. The fourth-order valence-corrected chi connectivity index (χ4v) is 3.37. The average Bonchev–Trinajstić information content (AvgIpc) is 2.70. The molecule has 0 unspecified atom stereocenters. The average molecular weight is 352 g/mol. The number of unbranched alkanes of at least 4 members (excludes halogenated alkanes) is 1. The Kier molecular flexibility index (Phi) is 6.58. The van der Waals surface area contributed by atoms with E-state index >= 15 is 0 Å². The highest BCUT2D eigenvalue weighted by molar-refractivity contribution is 5.93. The summed E-state index contributed by atoms with van der Waals surface area (Å²) in [4.78, 5) is 23.1. The van der Waals surface area contributed by atoms with Gasteiger partial charge in [-0.25, -0.2) is 9.97 Å². The molecule has 0 radical (unpaired) electrons. The Morgan fingerprint density at radius 1 is 1.15 bits per heavy atom. The molecule has 5 heteroatoms. The van der Waals surface area contributed by atoms with Gasteiger partial charge in [-0.2, -0.15) is 0 Å². The van der Waals surface area contributed by atoms with Gasteiger partial charge in [-0.3, -0.25) is 4.79 Å². The number of carbonyl (C=O) groups excluding carboxylic acids is 1. The third kappa shape index (κ3) is 5.04. The Balaban J connectivity index is 1.49. The minimum absolute atomic E-state index is 0.0911. The summed E-state index contributed by atoms with van der Waals surface area (Å²) in [5, 5.41) is 2.90. The number of carbonyl (C=O) groups is 1. The summed E-state index contributed by atoms with van der Waals surface area (Å²) in [5.41, 5.74) is 1.95. The van der Waals surface area contributed by atoms with Crippen LogP contribution in [0.3, 0.4) is 0 Å². The van der Waals surface area contributed by atoms with Crippen molar-refractivity contribution in [2.45, 2.75) is 39.0 Å². The van der Waals surface area contributed by atoms with Crippen molar-refractivity contribution in [3.8, 4) is 0 Å². The van der Waals surface area contributed by atoms with E-state index in [9.17, 15) is 4.79 Å². The van der Waals surface area contributed by atoms with Crippen LogP contribution in [-0.2, 0) is 6.42 Å². The van der Waals surface area contributed by atoms with E-state index < -0.39 is 0 Å². The fourth-order valence-electron chi connectivity index (χ4n) is 3.37. The monoisotopic (exact) mass is 352 g/mol. The highest BCUT2D eigenvalue weighted by Crippen LogP contribution is 2.23. The maximum Gasteiger partial charge on any atom is 0.254 e. The normalized spacial score (nSPS) is 15.0. The second-order valence-corrected chi connectivity index (χ2v) is 7.00. The Morgan fingerprint density at radius 2 is 1.85 bits per heavy atom. The first-order valence-corrected chi connectivity index (χ1v) is 9.65. The Hall–Kier alpha value is -2.43. The number of hydrogen-bond donors (Lipinski definition) is 1. The van der Waals surface area contributed by atoms with Gasteiger partial charge in [0.25, 0.3) is 5.91 Å². The largest absolute Gasteiger partial charge is 0.352 e. The van der Waals surface area contributed by atoms with Crippen LogP contribution in [0.15, 0.2) is 42.7 Å². The first-order valence-electron chi connectivity index (χ1n) is 9.65. The molecule has 2 heterocycles. The Labute approximate surface area is 155 Å². The van der Waals surface area contributed by atoms with Gasteiger partial charge in [0.15, 0.2) is 0 Å². The molecular formula is C21H28N4O. The molecule has 26 heavy (non-hydrogen) atoms. The lowest BCUT2D eigenvalue weighted by Crippen LogP contribution is -2.35. The highest BCUT2D eigenvalue weighted by atomic mass is 16.1. The van der Waals surface area contributed by atoms with Crippen LogP contribution in [0, 0.1) is 5.92 Å². The van der Waals surface area contributed by atoms with E-state index in [1.807, 2.05) is 0 Å². The Bertz CT molecular complexity index is 679. The van der Waals surface area contributed by atoms with Gasteiger partial charge in [0.1, 0.15) is 0 Å². The Morgan fingerprint density at radius 3 is 2.50 bits per heavy atom. The summed E-state index contributed by atoms with van der Waals surface area (Å²) in [6, 6.07) is 10.7. The maximum absolute atomic E-state index is 12.0. The van der Waals surface area contributed by atoms with Crippen molar-refractivity contribution >= 4 is 11.9 Å². The smallest absolute Gasteiger partial charge is 0.254 e. The van der Waals surface area contributed by atoms with Crippen LogP contribution in [0.2, 0.25) is 0 Å². The molecule has 3 rings (SSSR count). The molecule has 1 fully saturated rings. The number of benzene rings is 1. The van der Waals surface area contributed by atoms with Gasteiger partial charge < -0.3 is 10.2 Å². The highest BCUT2D eigenvalue weighted by Gasteiger charge is 2.21. The van der Waals surface area contributed by atoms with Crippen molar-refractivity contribution in [3.63, 3.8) is 0 Å². The van der Waals surface area contributed by atoms with Crippen molar-refractivity contribution in [3.05, 3.63) is 53.9 Å². The summed E-state index contributed by atoms with van der Waals surface area (Å²) in [5.74, 6) is 1.36. The molecule has 1 aromatic carbocycles. The molecule has 1 N–H and O–H groups in total. The number of rotatable bonds is 7. The van der Waals surface area contributed by atoms with E-state index in [4.69, 9.17) is 0 Å². The minimum Gasteiger partial charge on any atom is -0.352 e. The third-order valence-corrected chi connectivity index (χ3v) is 4.98. The molecule has 0 atom stereocenters. The van der Waals surface area contributed by atoms with Crippen LogP contribution in [0.5, 0.6) is 0 Å². The van der Waals surface area contributed by atoms with Gasteiger partial charge in [0.05, 0.1) is 5.56 Å². The van der Waals surface area contributed by atoms with Gasteiger partial charge in [-0.1, -0.05) is 43.7 Å². The van der Waals surface area contributed by atoms with Crippen LogP contribution >= 0.6 is 0 Å². The van der Waals surface area contributed by atoms with E-state index in [-0.39, 0.29) is 5.91 Å². The number of hydrogen-bond acceptors (Lipinski definition) is 4. The van der Waals surface area contributed by atoms with Crippen LogP contribution < -0.4 is 10.2 Å². The van der Waals surface area contributed by atoms with Crippen molar-refractivity contribution in [2.24, 2.45) is 5.92 Å². The van der Waals surface area contributed by atoms with E-state index in [2.05, 4.69) is 57.4 Å². The molecule has 0 spiro atoms. The van der Waals surface area contributed by atoms with Crippen molar-refractivity contribution in [2.75, 3.05) is 24.5 Å². The van der Waals surface area contributed by atoms with Gasteiger partial charge in [0, 0.05) is 32.0 Å².